The number of carbonyl (C=O) groups excluding carboxylic acids is 2. The third-order valence-electron chi connectivity index (χ3n) is 3.99. The molecule has 0 spiro atoms. The van der Waals surface area contributed by atoms with Gasteiger partial charge in [-0.05, 0) is 51.0 Å². The normalized spacial score (nSPS) is 11.9. The maximum Gasteiger partial charge on any atom is 0.338 e. The molecule has 1 aromatic heterocycles. The topological polar surface area (TPSA) is 90.7 Å². The van der Waals surface area contributed by atoms with Crippen LogP contribution in [-0.4, -0.2) is 29.7 Å². The van der Waals surface area contributed by atoms with E-state index in [4.69, 9.17) is 14.0 Å². The summed E-state index contributed by atoms with van der Waals surface area (Å²) in [6, 6.07) is 6.56. The second-order valence-electron chi connectivity index (χ2n) is 6.80. The van der Waals surface area contributed by atoms with E-state index in [0.29, 0.717) is 30.4 Å². The SMILES string of the molecule is Cc1noc(C)c1COc1ccc(C(=O)O[C@H](C)C(=O)NCC(C)C)cc1. The van der Waals surface area contributed by atoms with E-state index >= 15 is 0 Å². The van der Waals surface area contributed by atoms with Crippen LogP contribution in [0.5, 0.6) is 5.75 Å². The lowest BCUT2D eigenvalue weighted by atomic mass is 10.2. The van der Waals surface area contributed by atoms with E-state index in [2.05, 4.69) is 10.5 Å². The fourth-order valence-electron chi connectivity index (χ4n) is 2.28. The van der Waals surface area contributed by atoms with Crippen molar-refractivity contribution < 1.29 is 23.6 Å². The second kappa shape index (κ2) is 9.21. The molecule has 0 unspecified atom stereocenters. The molecule has 1 N–H and O–H groups in total. The Labute approximate surface area is 159 Å². The summed E-state index contributed by atoms with van der Waals surface area (Å²) < 4.78 is 16.0. The predicted octanol–water partition coefficient (Wildman–Crippen LogP) is 3.19. The van der Waals surface area contributed by atoms with Gasteiger partial charge < -0.3 is 19.3 Å². The van der Waals surface area contributed by atoms with Gasteiger partial charge in [0.2, 0.25) is 0 Å². The summed E-state index contributed by atoms with van der Waals surface area (Å²) in [6.07, 6.45) is -0.855. The molecule has 27 heavy (non-hydrogen) atoms. The maximum absolute atomic E-state index is 12.2. The zero-order valence-corrected chi connectivity index (χ0v) is 16.4. The van der Waals surface area contributed by atoms with E-state index in [-0.39, 0.29) is 5.91 Å². The van der Waals surface area contributed by atoms with Crippen molar-refractivity contribution in [3.05, 3.63) is 46.8 Å². The molecule has 1 heterocycles. The molecule has 0 aliphatic rings. The first-order chi connectivity index (χ1) is 12.8. The van der Waals surface area contributed by atoms with Crippen LogP contribution in [-0.2, 0) is 16.1 Å². The first-order valence-corrected chi connectivity index (χ1v) is 8.91. The van der Waals surface area contributed by atoms with Gasteiger partial charge in [0.25, 0.3) is 5.91 Å². The summed E-state index contributed by atoms with van der Waals surface area (Å²) in [7, 11) is 0. The van der Waals surface area contributed by atoms with Crippen molar-refractivity contribution in [3.63, 3.8) is 0 Å². The first kappa shape index (κ1) is 20.5. The number of ether oxygens (including phenoxy) is 2. The number of esters is 1. The van der Waals surface area contributed by atoms with Gasteiger partial charge in [0.1, 0.15) is 18.1 Å². The maximum atomic E-state index is 12.2. The Bertz CT molecular complexity index is 761. The number of carbonyl (C=O) groups is 2. The molecular formula is C20H26N2O5. The Morgan fingerprint density at radius 1 is 1.15 bits per heavy atom. The Morgan fingerprint density at radius 2 is 1.81 bits per heavy atom. The van der Waals surface area contributed by atoms with Crippen LogP contribution in [0, 0.1) is 19.8 Å². The number of benzene rings is 1. The fraction of sp³-hybridized carbons (Fsp3) is 0.450. The Hall–Kier alpha value is -2.83. The molecule has 0 radical (unpaired) electrons. The molecule has 1 amide bonds. The number of hydrogen-bond acceptors (Lipinski definition) is 6. The molecule has 2 aromatic rings. The van der Waals surface area contributed by atoms with E-state index in [0.717, 1.165) is 17.0 Å². The van der Waals surface area contributed by atoms with Crippen molar-refractivity contribution in [2.24, 2.45) is 5.92 Å². The van der Waals surface area contributed by atoms with Crippen LogP contribution in [0.2, 0.25) is 0 Å². The average Bonchev–Trinajstić information content (AvgIpc) is 2.96. The number of hydrogen-bond donors (Lipinski definition) is 1. The van der Waals surface area contributed by atoms with Crippen molar-refractivity contribution in [3.8, 4) is 5.75 Å². The smallest absolute Gasteiger partial charge is 0.338 e. The van der Waals surface area contributed by atoms with Gasteiger partial charge in [-0.1, -0.05) is 19.0 Å². The molecule has 0 bridgehead atoms. The number of amides is 1. The van der Waals surface area contributed by atoms with Crippen molar-refractivity contribution in [1.29, 1.82) is 0 Å². The molecule has 0 aliphatic heterocycles. The van der Waals surface area contributed by atoms with Gasteiger partial charge >= 0.3 is 5.97 Å². The Kier molecular flexibility index (Phi) is 6.98. The van der Waals surface area contributed by atoms with E-state index in [1.54, 1.807) is 31.2 Å². The zero-order valence-electron chi connectivity index (χ0n) is 16.4. The fourth-order valence-corrected chi connectivity index (χ4v) is 2.28. The largest absolute Gasteiger partial charge is 0.489 e. The highest BCUT2D eigenvalue weighted by molar-refractivity contribution is 5.92. The molecular weight excluding hydrogens is 348 g/mol. The summed E-state index contributed by atoms with van der Waals surface area (Å²) in [6.45, 7) is 10.1. The van der Waals surface area contributed by atoms with E-state index in [1.165, 1.54) is 0 Å². The van der Waals surface area contributed by atoms with Crippen LogP contribution < -0.4 is 10.1 Å². The summed E-state index contributed by atoms with van der Waals surface area (Å²) >= 11 is 0. The number of nitrogens with zero attached hydrogens (tertiary/aromatic N) is 1. The van der Waals surface area contributed by atoms with E-state index in [9.17, 15) is 9.59 Å². The number of rotatable bonds is 8. The summed E-state index contributed by atoms with van der Waals surface area (Å²) in [5, 5.41) is 6.62. The van der Waals surface area contributed by atoms with Crippen LogP contribution in [0.15, 0.2) is 28.8 Å². The zero-order chi connectivity index (χ0) is 20.0. The highest BCUT2D eigenvalue weighted by Crippen LogP contribution is 2.18. The monoisotopic (exact) mass is 374 g/mol. The lowest BCUT2D eigenvalue weighted by Gasteiger charge is -2.14. The molecule has 146 valence electrons. The third-order valence-corrected chi connectivity index (χ3v) is 3.99. The van der Waals surface area contributed by atoms with Crippen LogP contribution >= 0.6 is 0 Å². The van der Waals surface area contributed by atoms with Gasteiger partial charge in [0.15, 0.2) is 6.10 Å². The highest BCUT2D eigenvalue weighted by Gasteiger charge is 2.19. The number of aromatic nitrogens is 1. The molecule has 0 saturated heterocycles. The number of nitrogens with one attached hydrogen (secondary N) is 1. The number of aryl methyl sites for hydroxylation is 2. The highest BCUT2D eigenvalue weighted by atomic mass is 16.5. The van der Waals surface area contributed by atoms with Gasteiger partial charge in [-0.15, -0.1) is 0 Å². The molecule has 7 heteroatoms. The second-order valence-corrected chi connectivity index (χ2v) is 6.80. The minimum atomic E-state index is -0.855. The predicted molar refractivity (Wildman–Crippen MR) is 99.5 cm³/mol. The Morgan fingerprint density at radius 3 is 2.37 bits per heavy atom. The van der Waals surface area contributed by atoms with Crippen LogP contribution in [0.4, 0.5) is 0 Å². The molecule has 0 fully saturated rings. The van der Waals surface area contributed by atoms with Crippen LogP contribution in [0.1, 0.15) is 48.1 Å². The third kappa shape index (κ3) is 5.84. The minimum Gasteiger partial charge on any atom is -0.489 e. The van der Waals surface area contributed by atoms with E-state index < -0.39 is 12.1 Å². The minimum absolute atomic E-state index is 0.309. The van der Waals surface area contributed by atoms with Gasteiger partial charge in [-0.25, -0.2) is 4.79 Å². The molecule has 1 aromatic carbocycles. The van der Waals surface area contributed by atoms with Gasteiger partial charge in [-0.2, -0.15) is 0 Å². The summed E-state index contributed by atoms with van der Waals surface area (Å²) in [5.74, 6) is 0.789. The Balaban J connectivity index is 1.88. The van der Waals surface area contributed by atoms with E-state index in [1.807, 2.05) is 27.7 Å². The molecule has 0 aliphatic carbocycles. The van der Waals surface area contributed by atoms with Gasteiger partial charge in [0.05, 0.1) is 16.8 Å². The first-order valence-electron chi connectivity index (χ1n) is 8.91. The van der Waals surface area contributed by atoms with Crippen molar-refractivity contribution in [2.45, 2.75) is 47.3 Å². The van der Waals surface area contributed by atoms with Crippen molar-refractivity contribution >= 4 is 11.9 Å². The standard InChI is InChI=1S/C20H26N2O5/c1-12(2)10-21-19(23)15(5)26-20(24)16-6-8-17(9-7-16)25-11-18-13(3)22-27-14(18)4/h6-9,12,15H,10-11H2,1-5H3,(H,21,23)/t15-/m1/s1. The molecule has 0 saturated carbocycles. The van der Waals surface area contributed by atoms with Crippen LogP contribution in [0.3, 0.4) is 0 Å². The molecule has 1 atom stereocenters. The molecule has 2 rings (SSSR count). The van der Waals surface area contributed by atoms with Crippen molar-refractivity contribution in [1.82, 2.24) is 10.5 Å². The quantitative estimate of drug-likeness (QED) is 0.714. The lowest BCUT2D eigenvalue weighted by molar-refractivity contribution is -0.129. The molecule has 7 nitrogen and oxygen atoms in total. The lowest BCUT2D eigenvalue weighted by Crippen LogP contribution is -2.37. The average molecular weight is 374 g/mol. The van der Waals surface area contributed by atoms with Gasteiger partial charge in [-0.3, -0.25) is 4.79 Å². The van der Waals surface area contributed by atoms with Crippen LogP contribution in [0.25, 0.3) is 0 Å². The summed E-state index contributed by atoms with van der Waals surface area (Å²) in [4.78, 5) is 24.1. The van der Waals surface area contributed by atoms with Gasteiger partial charge in [0, 0.05) is 6.54 Å². The van der Waals surface area contributed by atoms with Crippen molar-refractivity contribution in [2.75, 3.05) is 6.54 Å². The summed E-state index contributed by atoms with van der Waals surface area (Å²) in [5.41, 5.74) is 2.04.